The number of nitrogens with two attached hydrogens (primary N) is 1. The molecule has 0 unspecified atom stereocenters. The maximum Gasteiger partial charge on any atom is 0.335 e. The third kappa shape index (κ3) is 2.57. The first kappa shape index (κ1) is 11.7. The van der Waals surface area contributed by atoms with Gasteiger partial charge in [-0.05, 0) is 43.5 Å². The molecule has 0 bridgehead atoms. The van der Waals surface area contributed by atoms with Gasteiger partial charge in [-0.2, -0.15) is 0 Å². The van der Waals surface area contributed by atoms with Gasteiger partial charge in [0.05, 0.1) is 5.56 Å². The molecule has 1 aromatic carbocycles. The summed E-state index contributed by atoms with van der Waals surface area (Å²) in [5.41, 5.74) is 7.91. The molecule has 3 N–H and O–H groups in total. The van der Waals surface area contributed by atoms with Crippen LogP contribution in [0.3, 0.4) is 0 Å². The van der Waals surface area contributed by atoms with Crippen LogP contribution in [-0.4, -0.2) is 11.1 Å². The van der Waals surface area contributed by atoms with Gasteiger partial charge in [0.25, 0.3) is 0 Å². The minimum atomic E-state index is -0.897. The van der Waals surface area contributed by atoms with Crippen LogP contribution >= 0.6 is 0 Å². The fraction of sp³-hybridized carbons (Fsp3) is 0.417. The summed E-state index contributed by atoms with van der Waals surface area (Å²) < 4.78 is 0. The van der Waals surface area contributed by atoms with Crippen molar-refractivity contribution in [1.82, 2.24) is 0 Å². The first-order valence-electron chi connectivity index (χ1n) is 5.02. The van der Waals surface area contributed by atoms with E-state index in [0.29, 0.717) is 5.56 Å². The van der Waals surface area contributed by atoms with E-state index in [0.717, 1.165) is 17.5 Å². The smallest absolute Gasteiger partial charge is 0.335 e. The number of rotatable bonds is 3. The third-order valence-electron chi connectivity index (χ3n) is 2.43. The Balaban J connectivity index is 3.27. The monoisotopic (exact) mass is 207 g/mol. The highest BCUT2D eigenvalue weighted by atomic mass is 16.4. The maximum atomic E-state index is 10.8. The lowest BCUT2D eigenvalue weighted by molar-refractivity contribution is 0.0696. The Bertz CT molecular complexity index is 378. The number of carboxylic acids is 1. The van der Waals surface area contributed by atoms with Crippen LogP contribution in [0, 0.1) is 0 Å². The molecule has 3 heteroatoms. The Morgan fingerprint density at radius 2 is 2.07 bits per heavy atom. The Kier molecular flexibility index (Phi) is 3.15. The summed E-state index contributed by atoms with van der Waals surface area (Å²) in [6.45, 7) is 5.83. The lowest BCUT2D eigenvalue weighted by Crippen LogP contribution is -2.30. The van der Waals surface area contributed by atoms with Crippen molar-refractivity contribution in [2.75, 3.05) is 0 Å². The summed E-state index contributed by atoms with van der Waals surface area (Å²) in [7, 11) is 0. The lowest BCUT2D eigenvalue weighted by Gasteiger charge is -2.22. The highest BCUT2D eigenvalue weighted by Gasteiger charge is 2.18. The molecule has 0 amide bonds. The van der Waals surface area contributed by atoms with Gasteiger partial charge >= 0.3 is 5.97 Å². The van der Waals surface area contributed by atoms with Crippen molar-refractivity contribution < 1.29 is 9.90 Å². The number of aryl methyl sites for hydroxylation is 1. The van der Waals surface area contributed by atoms with Gasteiger partial charge in [0.15, 0.2) is 0 Å². The molecule has 82 valence electrons. The molecule has 0 fully saturated rings. The summed E-state index contributed by atoms with van der Waals surface area (Å²) in [5, 5.41) is 8.87. The summed E-state index contributed by atoms with van der Waals surface area (Å²) in [6.07, 6.45) is 0.789. The Labute approximate surface area is 89.9 Å². The van der Waals surface area contributed by atoms with E-state index < -0.39 is 11.5 Å². The molecule has 0 aliphatic heterocycles. The van der Waals surface area contributed by atoms with Crippen LogP contribution in [0.2, 0.25) is 0 Å². The molecule has 0 aromatic heterocycles. The third-order valence-corrected chi connectivity index (χ3v) is 2.43. The van der Waals surface area contributed by atoms with Crippen molar-refractivity contribution >= 4 is 5.97 Å². The number of hydrogen-bond acceptors (Lipinski definition) is 2. The average Bonchev–Trinajstić information content (AvgIpc) is 2.15. The van der Waals surface area contributed by atoms with E-state index in [2.05, 4.69) is 0 Å². The summed E-state index contributed by atoms with van der Waals surface area (Å²) in [5.74, 6) is -0.897. The largest absolute Gasteiger partial charge is 0.478 e. The Morgan fingerprint density at radius 3 is 2.47 bits per heavy atom. The van der Waals surface area contributed by atoms with E-state index in [-0.39, 0.29) is 0 Å². The highest BCUT2D eigenvalue weighted by Crippen LogP contribution is 2.23. The molecule has 1 aromatic rings. The van der Waals surface area contributed by atoms with Gasteiger partial charge in [-0.1, -0.05) is 13.0 Å². The zero-order valence-electron chi connectivity index (χ0n) is 9.37. The SMILES string of the molecule is CCc1cc(C(=O)O)ccc1C(C)(C)N. The molecule has 0 radical (unpaired) electrons. The molecule has 0 spiro atoms. The van der Waals surface area contributed by atoms with Crippen LogP contribution in [-0.2, 0) is 12.0 Å². The topological polar surface area (TPSA) is 63.3 Å². The molecule has 0 aliphatic rings. The zero-order chi connectivity index (χ0) is 11.6. The molecular formula is C12H17NO2. The molecule has 3 nitrogen and oxygen atoms in total. The zero-order valence-corrected chi connectivity index (χ0v) is 9.37. The van der Waals surface area contributed by atoms with Gasteiger partial charge in [-0.3, -0.25) is 0 Å². The van der Waals surface area contributed by atoms with Crippen LogP contribution in [0.4, 0.5) is 0 Å². The molecule has 15 heavy (non-hydrogen) atoms. The average molecular weight is 207 g/mol. The Morgan fingerprint density at radius 1 is 1.47 bits per heavy atom. The van der Waals surface area contributed by atoms with Crippen molar-refractivity contribution in [2.45, 2.75) is 32.7 Å². The predicted molar refractivity (Wildman–Crippen MR) is 60.0 cm³/mol. The van der Waals surface area contributed by atoms with Crippen molar-refractivity contribution in [3.63, 3.8) is 0 Å². The first-order valence-corrected chi connectivity index (χ1v) is 5.02. The van der Waals surface area contributed by atoms with E-state index in [1.807, 2.05) is 26.8 Å². The standard InChI is InChI=1S/C12H17NO2/c1-4-8-7-9(11(14)15)5-6-10(8)12(2,3)13/h5-7H,4,13H2,1-3H3,(H,14,15). The van der Waals surface area contributed by atoms with Gasteiger partial charge in [-0.15, -0.1) is 0 Å². The second-order valence-corrected chi connectivity index (χ2v) is 4.25. The van der Waals surface area contributed by atoms with Crippen LogP contribution < -0.4 is 5.73 Å². The normalized spacial score (nSPS) is 11.5. The lowest BCUT2D eigenvalue weighted by atomic mass is 9.89. The van der Waals surface area contributed by atoms with Crippen LogP contribution in [0.1, 0.15) is 42.3 Å². The first-order chi connectivity index (χ1) is 6.86. The summed E-state index contributed by atoms with van der Waals surface area (Å²) in [4.78, 5) is 10.8. The highest BCUT2D eigenvalue weighted by molar-refractivity contribution is 5.87. The minimum Gasteiger partial charge on any atom is -0.478 e. The van der Waals surface area contributed by atoms with Crippen molar-refractivity contribution in [3.05, 3.63) is 34.9 Å². The second kappa shape index (κ2) is 4.03. The molecule has 0 aliphatic carbocycles. The maximum absolute atomic E-state index is 10.8. The van der Waals surface area contributed by atoms with Gasteiger partial charge in [0.2, 0.25) is 0 Å². The van der Waals surface area contributed by atoms with Crippen LogP contribution in [0.5, 0.6) is 0 Å². The summed E-state index contributed by atoms with van der Waals surface area (Å²) >= 11 is 0. The fourth-order valence-corrected chi connectivity index (χ4v) is 1.65. The van der Waals surface area contributed by atoms with Gasteiger partial charge in [0, 0.05) is 5.54 Å². The fourth-order valence-electron chi connectivity index (χ4n) is 1.65. The summed E-state index contributed by atoms with van der Waals surface area (Å²) in [6, 6.07) is 5.11. The number of hydrogen-bond donors (Lipinski definition) is 2. The Hall–Kier alpha value is -1.35. The van der Waals surface area contributed by atoms with E-state index in [9.17, 15) is 4.79 Å². The molecule has 0 atom stereocenters. The van der Waals surface area contributed by atoms with Crippen LogP contribution in [0.15, 0.2) is 18.2 Å². The molecule has 0 saturated heterocycles. The van der Waals surface area contributed by atoms with Crippen molar-refractivity contribution in [2.24, 2.45) is 5.73 Å². The quantitative estimate of drug-likeness (QED) is 0.798. The van der Waals surface area contributed by atoms with E-state index in [1.54, 1.807) is 12.1 Å². The molecule has 0 saturated carbocycles. The van der Waals surface area contributed by atoms with Crippen LogP contribution in [0.25, 0.3) is 0 Å². The molecule has 0 heterocycles. The van der Waals surface area contributed by atoms with Crippen molar-refractivity contribution in [3.8, 4) is 0 Å². The number of carboxylic acid groups (broad SMARTS) is 1. The predicted octanol–water partition coefficient (Wildman–Crippen LogP) is 2.14. The van der Waals surface area contributed by atoms with Gasteiger partial charge in [-0.25, -0.2) is 4.79 Å². The number of aromatic carboxylic acids is 1. The van der Waals surface area contributed by atoms with Gasteiger partial charge < -0.3 is 10.8 Å². The second-order valence-electron chi connectivity index (χ2n) is 4.25. The van der Waals surface area contributed by atoms with E-state index >= 15 is 0 Å². The van der Waals surface area contributed by atoms with E-state index in [4.69, 9.17) is 10.8 Å². The van der Waals surface area contributed by atoms with Gasteiger partial charge in [0.1, 0.15) is 0 Å². The minimum absolute atomic E-state index is 0.319. The van der Waals surface area contributed by atoms with E-state index in [1.165, 1.54) is 0 Å². The molecular weight excluding hydrogens is 190 g/mol. The number of benzene rings is 1. The van der Waals surface area contributed by atoms with Crippen molar-refractivity contribution in [1.29, 1.82) is 0 Å². The molecule has 1 rings (SSSR count). The number of carbonyl (C=O) groups is 1.